The second kappa shape index (κ2) is 6.54. The highest BCUT2D eigenvalue weighted by Gasteiger charge is 2.31. The molecule has 0 bridgehead atoms. The maximum absolute atomic E-state index is 12.8. The fraction of sp³-hybridized carbons (Fsp3) is 0.571. The Balaban J connectivity index is 2.44. The number of benzene rings is 1. The zero-order chi connectivity index (χ0) is 15.6. The Morgan fingerprint density at radius 1 is 1.24 bits per heavy atom. The predicted molar refractivity (Wildman–Crippen MR) is 84.4 cm³/mol. The van der Waals surface area contributed by atoms with Crippen LogP contribution in [0.25, 0.3) is 0 Å². The van der Waals surface area contributed by atoms with Gasteiger partial charge in [-0.15, -0.1) is 0 Å². The average molecular weight is 378 g/mol. The summed E-state index contributed by atoms with van der Waals surface area (Å²) in [6.45, 7) is 3.20. The zero-order valence-electron chi connectivity index (χ0n) is 12.4. The van der Waals surface area contributed by atoms with Crippen LogP contribution in [-0.2, 0) is 10.0 Å². The van der Waals surface area contributed by atoms with Crippen LogP contribution >= 0.6 is 15.9 Å². The van der Waals surface area contributed by atoms with Gasteiger partial charge in [-0.3, -0.25) is 0 Å². The molecular weight excluding hydrogens is 358 g/mol. The van der Waals surface area contributed by atoms with Crippen molar-refractivity contribution in [3.05, 3.63) is 16.6 Å². The molecule has 1 atom stereocenters. The molecular formula is C14H20BrNO4S. The van der Waals surface area contributed by atoms with E-state index >= 15 is 0 Å². The first-order valence-corrected chi connectivity index (χ1v) is 9.05. The lowest BCUT2D eigenvalue weighted by atomic mass is 10.0. The van der Waals surface area contributed by atoms with Gasteiger partial charge < -0.3 is 9.47 Å². The molecule has 1 fully saturated rings. The van der Waals surface area contributed by atoms with E-state index in [0.29, 0.717) is 35.0 Å². The van der Waals surface area contributed by atoms with Crippen molar-refractivity contribution in [1.82, 2.24) is 4.31 Å². The Bertz CT molecular complexity index is 618. The van der Waals surface area contributed by atoms with Gasteiger partial charge in [0.15, 0.2) is 11.5 Å². The largest absolute Gasteiger partial charge is 0.493 e. The molecule has 0 radical (unpaired) electrons. The molecule has 118 valence electrons. The normalized spacial score (nSPS) is 20.3. The van der Waals surface area contributed by atoms with Crippen LogP contribution in [-0.4, -0.2) is 40.0 Å². The van der Waals surface area contributed by atoms with Gasteiger partial charge in [-0.05, 0) is 40.8 Å². The molecule has 1 aliphatic rings. The van der Waals surface area contributed by atoms with E-state index in [9.17, 15) is 8.42 Å². The fourth-order valence-corrected chi connectivity index (χ4v) is 5.13. The molecule has 1 saturated heterocycles. The summed E-state index contributed by atoms with van der Waals surface area (Å²) in [5, 5.41) is 0. The molecule has 0 saturated carbocycles. The summed E-state index contributed by atoms with van der Waals surface area (Å²) in [6, 6.07) is 3.14. The number of rotatable bonds is 4. The maximum atomic E-state index is 12.8. The number of hydrogen-bond acceptors (Lipinski definition) is 4. The van der Waals surface area contributed by atoms with Crippen LogP contribution in [0.2, 0.25) is 0 Å². The van der Waals surface area contributed by atoms with Gasteiger partial charge >= 0.3 is 0 Å². The maximum Gasteiger partial charge on any atom is 0.244 e. The van der Waals surface area contributed by atoms with Gasteiger partial charge in [0.2, 0.25) is 10.0 Å². The highest BCUT2D eigenvalue weighted by molar-refractivity contribution is 9.10. The first-order chi connectivity index (χ1) is 9.90. The van der Waals surface area contributed by atoms with Gasteiger partial charge in [-0.25, -0.2) is 8.42 Å². The highest BCUT2D eigenvalue weighted by atomic mass is 79.9. The standard InChI is InChI=1S/C14H20BrNO4S/c1-10-5-4-6-16(9-10)21(17,18)14-8-13(20-3)12(19-2)7-11(14)15/h7-8,10H,4-6,9H2,1-3H3. The number of hydrogen-bond donors (Lipinski definition) is 0. The van der Waals surface area contributed by atoms with Crippen molar-refractivity contribution in [2.45, 2.75) is 24.7 Å². The minimum Gasteiger partial charge on any atom is -0.493 e. The van der Waals surface area contributed by atoms with E-state index in [1.807, 2.05) is 0 Å². The molecule has 1 unspecified atom stereocenters. The molecule has 0 N–H and O–H groups in total. The monoisotopic (exact) mass is 377 g/mol. The number of nitrogens with zero attached hydrogens (tertiary/aromatic N) is 1. The van der Waals surface area contributed by atoms with Crippen molar-refractivity contribution in [3.8, 4) is 11.5 Å². The molecule has 0 aliphatic carbocycles. The summed E-state index contributed by atoms with van der Waals surface area (Å²) < 4.78 is 38.1. The Labute approximate surface area is 134 Å². The van der Waals surface area contributed by atoms with Crippen molar-refractivity contribution in [1.29, 1.82) is 0 Å². The van der Waals surface area contributed by atoms with Crippen molar-refractivity contribution < 1.29 is 17.9 Å². The summed E-state index contributed by atoms with van der Waals surface area (Å²) in [6.07, 6.45) is 1.96. The summed E-state index contributed by atoms with van der Waals surface area (Å²) >= 11 is 3.33. The third kappa shape index (κ3) is 3.35. The molecule has 0 spiro atoms. The van der Waals surface area contributed by atoms with Crippen molar-refractivity contribution in [3.63, 3.8) is 0 Å². The van der Waals surface area contributed by atoms with Gasteiger partial charge in [-0.1, -0.05) is 6.92 Å². The molecule has 7 heteroatoms. The lowest BCUT2D eigenvalue weighted by molar-refractivity contribution is 0.281. The molecule has 1 aromatic carbocycles. The number of halogens is 1. The van der Waals surface area contributed by atoms with E-state index in [1.165, 1.54) is 20.3 Å². The first-order valence-electron chi connectivity index (χ1n) is 6.81. The first kappa shape index (κ1) is 16.6. The van der Waals surface area contributed by atoms with Gasteiger partial charge in [-0.2, -0.15) is 4.31 Å². The van der Waals surface area contributed by atoms with Gasteiger partial charge in [0, 0.05) is 23.6 Å². The molecule has 1 aromatic rings. The average Bonchev–Trinajstić information content (AvgIpc) is 2.46. The van der Waals surface area contributed by atoms with Crippen LogP contribution in [0.5, 0.6) is 11.5 Å². The molecule has 2 rings (SSSR count). The molecule has 0 amide bonds. The predicted octanol–water partition coefficient (Wildman–Crippen LogP) is 2.89. The minimum absolute atomic E-state index is 0.217. The second-order valence-corrected chi connectivity index (χ2v) is 8.01. The van der Waals surface area contributed by atoms with Crippen molar-refractivity contribution in [2.75, 3.05) is 27.3 Å². The van der Waals surface area contributed by atoms with Gasteiger partial charge in [0.25, 0.3) is 0 Å². The molecule has 1 heterocycles. The Morgan fingerprint density at radius 3 is 2.43 bits per heavy atom. The van der Waals surface area contributed by atoms with E-state index in [0.717, 1.165) is 12.8 Å². The Kier molecular flexibility index (Phi) is 5.16. The van der Waals surface area contributed by atoms with Crippen LogP contribution < -0.4 is 9.47 Å². The summed E-state index contributed by atoms with van der Waals surface area (Å²) in [5.41, 5.74) is 0. The fourth-order valence-electron chi connectivity index (χ4n) is 2.54. The number of sulfonamides is 1. The Morgan fingerprint density at radius 2 is 1.86 bits per heavy atom. The zero-order valence-corrected chi connectivity index (χ0v) is 14.8. The highest BCUT2D eigenvalue weighted by Crippen LogP contribution is 2.37. The van der Waals surface area contributed by atoms with Gasteiger partial charge in [0.1, 0.15) is 4.90 Å². The minimum atomic E-state index is -3.53. The second-order valence-electron chi connectivity index (χ2n) is 5.25. The summed E-state index contributed by atoms with van der Waals surface area (Å²) in [7, 11) is -0.522. The third-order valence-corrected chi connectivity index (χ3v) is 6.50. The van der Waals surface area contributed by atoms with Crippen LogP contribution in [0.3, 0.4) is 0 Å². The molecule has 21 heavy (non-hydrogen) atoms. The lowest BCUT2D eigenvalue weighted by Gasteiger charge is -2.30. The molecule has 1 aliphatic heterocycles. The number of piperidine rings is 1. The Hall–Kier alpha value is -0.790. The number of ether oxygens (including phenoxy) is 2. The van der Waals surface area contributed by atoms with Crippen LogP contribution in [0.4, 0.5) is 0 Å². The van der Waals surface area contributed by atoms with E-state index in [2.05, 4.69) is 22.9 Å². The smallest absolute Gasteiger partial charge is 0.244 e. The SMILES string of the molecule is COc1cc(Br)c(S(=O)(=O)N2CCCC(C)C2)cc1OC. The van der Waals surface area contributed by atoms with E-state index in [1.54, 1.807) is 10.4 Å². The van der Waals surface area contributed by atoms with E-state index < -0.39 is 10.0 Å². The summed E-state index contributed by atoms with van der Waals surface area (Å²) in [5.74, 6) is 1.28. The topological polar surface area (TPSA) is 55.8 Å². The third-order valence-electron chi connectivity index (χ3n) is 3.68. The van der Waals surface area contributed by atoms with Crippen LogP contribution in [0.15, 0.2) is 21.5 Å². The van der Waals surface area contributed by atoms with Crippen LogP contribution in [0.1, 0.15) is 19.8 Å². The quantitative estimate of drug-likeness (QED) is 0.809. The van der Waals surface area contributed by atoms with Crippen molar-refractivity contribution in [2.24, 2.45) is 5.92 Å². The van der Waals surface area contributed by atoms with Crippen LogP contribution in [0, 0.1) is 5.92 Å². The molecule has 0 aromatic heterocycles. The van der Waals surface area contributed by atoms with E-state index in [4.69, 9.17) is 9.47 Å². The van der Waals surface area contributed by atoms with Crippen molar-refractivity contribution >= 4 is 26.0 Å². The lowest BCUT2D eigenvalue weighted by Crippen LogP contribution is -2.39. The molecule has 5 nitrogen and oxygen atoms in total. The number of methoxy groups -OCH3 is 2. The van der Waals surface area contributed by atoms with E-state index in [-0.39, 0.29) is 4.90 Å². The summed E-state index contributed by atoms with van der Waals surface area (Å²) in [4.78, 5) is 0.217. The van der Waals surface area contributed by atoms with Gasteiger partial charge in [0.05, 0.1) is 14.2 Å².